The van der Waals surface area contributed by atoms with Gasteiger partial charge in [0.2, 0.25) is 0 Å². The molecule has 0 aliphatic heterocycles. The molecule has 0 unspecified atom stereocenters. The van der Waals surface area contributed by atoms with Crippen molar-refractivity contribution in [2.45, 2.75) is 0 Å². The molecule has 1 heterocycles. The van der Waals surface area contributed by atoms with Gasteiger partial charge in [-0.1, -0.05) is 133 Å². The highest BCUT2D eigenvalue weighted by atomic mass is 16.1. The lowest BCUT2D eigenvalue weighted by atomic mass is 9.91. The third-order valence-electron chi connectivity index (χ3n) is 9.20. The molecule has 9 aromatic rings. The van der Waals surface area contributed by atoms with Gasteiger partial charge in [0, 0.05) is 16.5 Å². The van der Waals surface area contributed by atoms with Crippen LogP contribution < -0.4 is 5.56 Å². The molecule has 8 aromatic carbocycles. The third kappa shape index (κ3) is 3.93. The molecule has 0 saturated heterocycles. The molecule has 0 fully saturated rings. The average molecular weight is 574 g/mol. The van der Waals surface area contributed by atoms with E-state index in [1.807, 2.05) is 53.1 Å². The van der Waals surface area contributed by atoms with Crippen LogP contribution >= 0.6 is 0 Å². The van der Waals surface area contributed by atoms with Crippen LogP contribution in [0.25, 0.3) is 81.9 Å². The molecular formula is C43H27NO. The van der Waals surface area contributed by atoms with Crippen molar-refractivity contribution < 1.29 is 0 Å². The van der Waals surface area contributed by atoms with Crippen molar-refractivity contribution in [1.82, 2.24) is 4.57 Å². The third-order valence-corrected chi connectivity index (χ3v) is 9.20. The summed E-state index contributed by atoms with van der Waals surface area (Å²) in [5, 5.41) is 10.4. The Bertz CT molecular complexity index is 2610. The summed E-state index contributed by atoms with van der Waals surface area (Å²) in [5.41, 5.74) is 6.34. The fourth-order valence-electron chi connectivity index (χ4n) is 7.13. The lowest BCUT2D eigenvalue weighted by Gasteiger charge is -2.16. The molecule has 2 heteroatoms. The molecule has 0 N–H and O–H groups in total. The molecule has 210 valence electrons. The second-order valence-corrected chi connectivity index (χ2v) is 11.7. The number of pyridine rings is 1. The minimum Gasteiger partial charge on any atom is -0.276 e. The first-order chi connectivity index (χ1) is 22.3. The summed E-state index contributed by atoms with van der Waals surface area (Å²) in [7, 11) is 0. The highest BCUT2D eigenvalue weighted by Gasteiger charge is 2.16. The Morgan fingerprint density at radius 2 is 0.867 bits per heavy atom. The quantitative estimate of drug-likeness (QED) is 0.193. The van der Waals surface area contributed by atoms with Gasteiger partial charge in [-0.15, -0.1) is 0 Å². The Balaban J connectivity index is 1.22. The van der Waals surface area contributed by atoms with Gasteiger partial charge in [-0.2, -0.15) is 0 Å². The van der Waals surface area contributed by atoms with Crippen molar-refractivity contribution in [3.8, 4) is 27.9 Å². The van der Waals surface area contributed by atoms with Crippen LogP contribution in [0.15, 0.2) is 169 Å². The zero-order chi connectivity index (χ0) is 29.9. The fraction of sp³-hybridized carbons (Fsp3) is 0. The van der Waals surface area contributed by atoms with Crippen molar-refractivity contribution in [2.24, 2.45) is 0 Å². The summed E-state index contributed by atoms with van der Waals surface area (Å²) < 4.78 is 1.85. The largest absolute Gasteiger partial charge is 0.276 e. The topological polar surface area (TPSA) is 22.0 Å². The number of nitrogens with zero attached hydrogens (tertiary/aromatic N) is 1. The minimum absolute atomic E-state index is 0.00611. The van der Waals surface area contributed by atoms with Gasteiger partial charge in [0.1, 0.15) is 0 Å². The van der Waals surface area contributed by atoms with E-state index in [1.165, 1.54) is 43.4 Å². The monoisotopic (exact) mass is 573 g/mol. The molecule has 0 amide bonds. The molecule has 1 aromatic heterocycles. The molecule has 0 radical (unpaired) electrons. The number of rotatable bonds is 3. The molecule has 0 aliphatic rings. The van der Waals surface area contributed by atoms with Crippen LogP contribution in [0.3, 0.4) is 0 Å². The van der Waals surface area contributed by atoms with Crippen LogP contribution in [-0.2, 0) is 0 Å². The Kier molecular flexibility index (Phi) is 5.69. The van der Waals surface area contributed by atoms with E-state index in [9.17, 15) is 4.79 Å². The van der Waals surface area contributed by atoms with E-state index < -0.39 is 0 Å². The predicted octanol–water partition coefficient (Wildman–Crippen LogP) is 10.9. The van der Waals surface area contributed by atoms with E-state index in [2.05, 4.69) is 115 Å². The second-order valence-electron chi connectivity index (χ2n) is 11.7. The van der Waals surface area contributed by atoms with Crippen LogP contribution in [-0.4, -0.2) is 4.57 Å². The minimum atomic E-state index is -0.00611. The Labute approximate surface area is 260 Å². The molecule has 0 saturated carbocycles. The first-order valence-corrected chi connectivity index (χ1v) is 15.3. The van der Waals surface area contributed by atoms with E-state index in [0.717, 1.165) is 33.1 Å². The number of fused-ring (bicyclic) bond motifs is 9. The summed E-state index contributed by atoms with van der Waals surface area (Å²) in [6.07, 6.45) is 0. The number of hydrogen-bond donors (Lipinski definition) is 0. The molecule has 9 rings (SSSR count). The molecule has 45 heavy (non-hydrogen) atoms. The second kappa shape index (κ2) is 10.0. The Morgan fingerprint density at radius 3 is 1.53 bits per heavy atom. The number of hydrogen-bond acceptors (Lipinski definition) is 1. The summed E-state index contributed by atoms with van der Waals surface area (Å²) in [4.78, 5) is 13.8. The van der Waals surface area contributed by atoms with Crippen molar-refractivity contribution in [1.29, 1.82) is 0 Å². The van der Waals surface area contributed by atoms with E-state index in [1.54, 1.807) is 0 Å². The smallest absolute Gasteiger partial charge is 0.263 e. The van der Waals surface area contributed by atoms with Crippen LogP contribution in [0.1, 0.15) is 0 Å². The van der Waals surface area contributed by atoms with Gasteiger partial charge in [0.15, 0.2) is 0 Å². The summed E-state index contributed by atoms with van der Waals surface area (Å²) in [5.74, 6) is 0. The van der Waals surface area contributed by atoms with Crippen molar-refractivity contribution >= 4 is 54.0 Å². The van der Waals surface area contributed by atoms with Crippen LogP contribution in [0.4, 0.5) is 0 Å². The van der Waals surface area contributed by atoms with E-state index in [4.69, 9.17) is 0 Å². The van der Waals surface area contributed by atoms with Gasteiger partial charge in [-0.25, -0.2) is 0 Å². The average Bonchev–Trinajstić information content (AvgIpc) is 3.12. The van der Waals surface area contributed by atoms with Gasteiger partial charge in [-0.05, 0) is 90.3 Å². The van der Waals surface area contributed by atoms with Gasteiger partial charge < -0.3 is 0 Å². The molecular weight excluding hydrogens is 546 g/mol. The summed E-state index contributed by atoms with van der Waals surface area (Å²) in [6, 6.07) is 57.2. The fourth-order valence-corrected chi connectivity index (χ4v) is 7.13. The number of para-hydroxylation sites is 1. The van der Waals surface area contributed by atoms with Gasteiger partial charge in [0.25, 0.3) is 5.56 Å². The van der Waals surface area contributed by atoms with Gasteiger partial charge in [0.05, 0.1) is 5.52 Å². The highest BCUT2D eigenvalue weighted by molar-refractivity contribution is 6.25. The van der Waals surface area contributed by atoms with Crippen molar-refractivity contribution in [2.75, 3.05) is 0 Å². The zero-order valence-electron chi connectivity index (χ0n) is 24.4. The Hall–Kier alpha value is -5.99. The standard InChI is InChI=1S/C43H27NO/c45-43-39-18-9-8-17-38(39)42-32(19-10-20-41(42)44(43)31-11-2-1-3-12-31)29-23-21-28(22-24-29)30-25-26-37-35-15-5-4-13-33(35)34-14-6-7-16-36(34)40(37)27-30/h1-27H. The lowest BCUT2D eigenvalue weighted by Crippen LogP contribution is -2.19. The molecule has 0 aliphatic carbocycles. The summed E-state index contributed by atoms with van der Waals surface area (Å²) in [6.45, 7) is 0. The number of benzene rings is 8. The van der Waals surface area contributed by atoms with Crippen molar-refractivity contribution in [3.63, 3.8) is 0 Å². The normalized spacial score (nSPS) is 11.6. The molecule has 0 bridgehead atoms. The first kappa shape index (κ1) is 25.5. The maximum Gasteiger partial charge on any atom is 0.263 e. The van der Waals surface area contributed by atoms with Gasteiger partial charge in [-0.3, -0.25) is 9.36 Å². The number of aromatic nitrogens is 1. The lowest BCUT2D eigenvalue weighted by molar-refractivity contribution is 1.06. The van der Waals surface area contributed by atoms with E-state index in [-0.39, 0.29) is 5.56 Å². The van der Waals surface area contributed by atoms with E-state index in [0.29, 0.717) is 5.39 Å². The first-order valence-electron chi connectivity index (χ1n) is 15.3. The van der Waals surface area contributed by atoms with Gasteiger partial charge >= 0.3 is 0 Å². The van der Waals surface area contributed by atoms with Crippen LogP contribution in [0, 0.1) is 0 Å². The molecule has 2 nitrogen and oxygen atoms in total. The van der Waals surface area contributed by atoms with Crippen molar-refractivity contribution in [3.05, 3.63) is 174 Å². The maximum absolute atomic E-state index is 13.8. The predicted molar refractivity (Wildman–Crippen MR) is 190 cm³/mol. The Morgan fingerprint density at radius 1 is 0.356 bits per heavy atom. The summed E-state index contributed by atoms with van der Waals surface area (Å²) >= 11 is 0. The van der Waals surface area contributed by atoms with E-state index >= 15 is 0 Å². The zero-order valence-corrected chi connectivity index (χ0v) is 24.4. The molecule has 0 atom stereocenters. The highest BCUT2D eigenvalue weighted by Crippen LogP contribution is 2.38. The van der Waals surface area contributed by atoms with Crippen LogP contribution in [0.5, 0.6) is 0 Å². The van der Waals surface area contributed by atoms with Crippen LogP contribution in [0.2, 0.25) is 0 Å². The SMILES string of the molecule is O=c1c2ccccc2c2c(-c3ccc(-c4ccc5c6ccccc6c6ccccc6c5c4)cc3)cccc2n1-c1ccccc1. The molecule has 0 spiro atoms. The maximum atomic E-state index is 13.8.